The van der Waals surface area contributed by atoms with Crippen LogP contribution in [0.5, 0.6) is 0 Å². The fraction of sp³-hybridized carbons (Fsp3) is 0.600. The molecule has 4 rings (SSSR count). The molecule has 1 aromatic carbocycles. The third-order valence-corrected chi connectivity index (χ3v) is 5.61. The summed E-state index contributed by atoms with van der Waals surface area (Å²) in [6.07, 6.45) is -1.84. The van der Waals surface area contributed by atoms with Crippen molar-refractivity contribution >= 4 is 17.6 Å². The number of morpholine rings is 1. The third-order valence-electron chi connectivity index (χ3n) is 5.61. The number of aliphatic hydroxyl groups is 1. The van der Waals surface area contributed by atoms with Crippen LogP contribution < -0.4 is 10.6 Å². The number of fused-ring (bicyclic) bond motifs is 1. The summed E-state index contributed by atoms with van der Waals surface area (Å²) in [6.45, 7) is 2.37. The second-order valence-electron chi connectivity index (χ2n) is 7.70. The second kappa shape index (κ2) is 9.25. The summed E-state index contributed by atoms with van der Waals surface area (Å²) in [5.41, 5.74) is 0.453. The number of benzene rings is 1. The van der Waals surface area contributed by atoms with Crippen LogP contribution in [-0.4, -0.2) is 85.3 Å². The molecule has 3 saturated heterocycles. The van der Waals surface area contributed by atoms with Gasteiger partial charge in [0, 0.05) is 31.7 Å². The number of hydrogen-bond donors (Lipinski definition) is 3. The number of aliphatic hydroxyl groups excluding tert-OH is 1. The van der Waals surface area contributed by atoms with Gasteiger partial charge in [-0.1, -0.05) is 0 Å². The second-order valence-corrected chi connectivity index (χ2v) is 7.70. The molecule has 5 atom stereocenters. The Hall–Kier alpha value is -2.27. The first-order valence-electron chi connectivity index (χ1n) is 10.1. The van der Waals surface area contributed by atoms with Gasteiger partial charge in [-0.3, -0.25) is 4.79 Å². The van der Waals surface area contributed by atoms with Crippen LogP contribution >= 0.6 is 0 Å². The molecule has 0 spiro atoms. The van der Waals surface area contributed by atoms with Gasteiger partial charge in [0.1, 0.15) is 24.1 Å². The van der Waals surface area contributed by atoms with E-state index in [0.717, 1.165) is 0 Å². The van der Waals surface area contributed by atoms with Crippen LogP contribution in [0.1, 0.15) is 12.8 Å². The molecular formula is C20H26FN3O6. The summed E-state index contributed by atoms with van der Waals surface area (Å²) < 4.78 is 29.9. The molecule has 10 heteroatoms. The molecule has 5 unspecified atom stereocenters. The molecular weight excluding hydrogens is 397 g/mol. The van der Waals surface area contributed by atoms with Gasteiger partial charge < -0.3 is 34.9 Å². The predicted molar refractivity (Wildman–Crippen MR) is 103 cm³/mol. The summed E-state index contributed by atoms with van der Waals surface area (Å²) >= 11 is 0. The molecule has 0 radical (unpaired) electrons. The Morgan fingerprint density at radius 1 is 1.17 bits per heavy atom. The molecule has 0 aliphatic carbocycles. The van der Waals surface area contributed by atoms with Crippen molar-refractivity contribution in [1.29, 1.82) is 0 Å². The molecule has 3 fully saturated rings. The Kier molecular flexibility index (Phi) is 6.47. The molecule has 164 valence electrons. The summed E-state index contributed by atoms with van der Waals surface area (Å²) in [7, 11) is 0. The normalized spacial score (nSPS) is 30.7. The Morgan fingerprint density at radius 3 is 2.60 bits per heavy atom. The predicted octanol–water partition coefficient (Wildman–Crippen LogP) is 0.482. The summed E-state index contributed by atoms with van der Waals surface area (Å²) in [6, 6.07) is 4.92. The number of carbonyl (C=O) groups is 2. The number of carbonyl (C=O) groups excluding carboxylic acids is 2. The van der Waals surface area contributed by atoms with Crippen LogP contribution in [0, 0.1) is 5.82 Å². The highest BCUT2D eigenvalue weighted by Crippen LogP contribution is 2.35. The molecule has 0 saturated carbocycles. The summed E-state index contributed by atoms with van der Waals surface area (Å²) in [4.78, 5) is 26.1. The first-order valence-corrected chi connectivity index (χ1v) is 10.1. The van der Waals surface area contributed by atoms with Crippen molar-refractivity contribution in [3.63, 3.8) is 0 Å². The highest BCUT2D eigenvalue weighted by molar-refractivity contribution is 5.89. The fourth-order valence-electron chi connectivity index (χ4n) is 4.05. The van der Waals surface area contributed by atoms with Crippen molar-refractivity contribution in [1.82, 2.24) is 10.2 Å². The number of hydrogen-bond acceptors (Lipinski definition) is 6. The van der Waals surface area contributed by atoms with E-state index >= 15 is 0 Å². The molecule has 1 aromatic rings. The van der Waals surface area contributed by atoms with E-state index in [2.05, 4.69) is 10.6 Å². The third kappa shape index (κ3) is 4.89. The van der Waals surface area contributed by atoms with Crippen LogP contribution in [0.25, 0.3) is 0 Å². The molecule has 3 heterocycles. The van der Waals surface area contributed by atoms with Gasteiger partial charge >= 0.3 is 6.03 Å². The molecule has 30 heavy (non-hydrogen) atoms. The van der Waals surface area contributed by atoms with Gasteiger partial charge in [0.05, 0.1) is 31.8 Å². The van der Waals surface area contributed by atoms with Crippen LogP contribution in [0.4, 0.5) is 14.9 Å². The first kappa shape index (κ1) is 21.0. The lowest BCUT2D eigenvalue weighted by Gasteiger charge is -2.28. The number of halogens is 1. The number of nitrogens with one attached hydrogen (secondary N) is 2. The number of amides is 3. The van der Waals surface area contributed by atoms with E-state index in [0.29, 0.717) is 38.4 Å². The Labute approximate surface area is 173 Å². The smallest absolute Gasteiger partial charge is 0.319 e. The van der Waals surface area contributed by atoms with Gasteiger partial charge in [-0.25, -0.2) is 9.18 Å². The largest absolute Gasteiger partial charge is 0.388 e. The molecule has 3 aliphatic rings. The lowest BCUT2D eigenvalue weighted by molar-refractivity contribution is -0.138. The summed E-state index contributed by atoms with van der Waals surface area (Å²) in [5.74, 6) is -0.367. The zero-order valence-corrected chi connectivity index (χ0v) is 16.5. The minimum Gasteiger partial charge on any atom is -0.388 e. The van der Waals surface area contributed by atoms with Crippen molar-refractivity contribution in [2.45, 2.75) is 43.4 Å². The zero-order valence-electron chi connectivity index (χ0n) is 16.5. The molecule has 9 nitrogen and oxygen atoms in total. The highest BCUT2D eigenvalue weighted by Gasteiger charge is 2.50. The monoisotopic (exact) mass is 423 g/mol. The molecule has 3 N–H and O–H groups in total. The Bertz CT molecular complexity index is 757. The SMILES string of the molecule is O=C(NCC1OC2CC(CC(=O)N3CCOCC3)OC2C1O)Nc1ccc(F)cc1. The number of anilines is 1. The first-order chi connectivity index (χ1) is 14.5. The van der Waals surface area contributed by atoms with E-state index in [-0.39, 0.29) is 36.9 Å². The molecule has 0 bridgehead atoms. The van der Waals surface area contributed by atoms with Crippen LogP contribution in [0.3, 0.4) is 0 Å². The van der Waals surface area contributed by atoms with E-state index in [9.17, 15) is 19.1 Å². The average molecular weight is 423 g/mol. The van der Waals surface area contributed by atoms with E-state index < -0.39 is 24.3 Å². The van der Waals surface area contributed by atoms with Gasteiger partial charge in [-0.2, -0.15) is 0 Å². The van der Waals surface area contributed by atoms with Gasteiger partial charge in [0.25, 0.3) is 0 Å². The lowest BCUT2D eigenvalue weighted by Crippen LogP contribution is -2.43. The summed E-state index contributed by atoms with van der Waals surface area (Å²) in [5, 5.41) is 15.7. The standard InChI is InChI=1S/C20H26FN3O6/c21-12-1-3-13(4-2-12)23-20(27)22-11-16-18(26)19-15(30-16)9-14(29-19)10-17(25)24-5-7-28-8-6-24/h1-4,14-16,18-19,26H,5-11H2,(H2,22,23,27). The maximum absolute atomic E-state index is 12.9. The quantitative estimate of drug-likeness (QED) is 0.636. The van der Waals surface area contributed by atoms with Crippen LogP contribution in [0.15, 0.2) is 24.3 Å². The topological polar surface area (TPSA) is 109 Å². The maximum atomic E-state index is 12.9. The minimum absolute atomic E-state index is 0.0217. The van der Waals surface area contributed by atoms with Gasteiger partial charge in [0.2, 0.25) is 5.91 Å². The highest BCUT2D eigenvalue weighted by atomic mass is 19.1. The fourth-order valence-corrected chi connectivity index (χ4v) is 4.05. The van der Waals surface area contributed by atoms with E-state index in [1.54, 1.807) is 4.90 Å². The van der Waals surface area contributed by atoms with Crippen molar-refractivity contribution in [3.05, 3.63) is 30.1 Å². The van der Waals surface area contributed by atoms with E-state index in [4.69, 9.17) is 14.2 Å². The van der Waals surface area contributed by atoms with E-state index in [1.165, 1.54) is 24.3 Å². The number of rotatable bonds is 5. The molecule has 3 aliphatic heterocycles. The zero-order chi connectivity index (χ0) is 21.1. The average Bonchev–Trinajstić information content (AvgIpc) is 3.27. The number of nitrogens with zero attached hydrogens (tertiary/aromatic N) is 1. The van der Waals surface area contributed by atoms with Crippen LogP contribution in [0.2, 0.25) is 0 Å². The maximum Gasteiger partial charge on any atom is 0.319 e. The van der Waals surface area contributed by atoms with Gasteiger partial charge in [-0.05, 0) is 24.3 Å². The molecule has 0 aromatic heterocycles. The number of ether oxygens (including phenoxy) is 3. The van der Waals surface area contributed by atoms with Crippen molar-refractivity contribution < 1.29 is 33.3 Å². The number of urea groups is 1. The molecule has 3 amide bonds. The van der Waals surface area contributed by atoms with E-state index in [1.807, 2.05) is 0 Å². The minimum atomic E-state index is -0.899. The van der Waals surface area contributed by atoms with Crippen molar-refractivity contribution in [2.75, 3.05) is 38.2 Å². The Balaban J connectivity index is 1.20. The van der Waals surface area contributed by atoms with Crippen LogP contribution in [-0.2, 0) is 19.0 Å². The van der Waals surface area contributed by atoms with Crippen molar-refractivity contribution in [3.8, 4) is 0 Å². The van der Waals surface area contributed by atoms with Crippen molar-refractivity contribution in [2.24, 2.45) is 0 Å². The lowest BCUT2D eigenvalue weighted by atomic mass is 10.1. The Morgan fingerprint density at radius 2 is 1.90 bits per heavy atom. The van der Waals surface area contributed by atoms with Gasteiger partial charge in [0.15, 0.2) is 0 Å². The van der Waals surface area contributed by atoms with Gasteiger partial charge in [-0.15, -0.1) is 0 Å².